The van der Waals surface area contributed by atoms with Crippen LogP contribution in [0.3, 0.4) is 0 Å². The van der Waals surface area contributed by atoms with Gasteiger partial charge in [-0.3, -0.25) is 4.79 Å². The number of carboxylic acids is 1. The van der Waals surface area contributed by atoms with E-state index < -0.39 is 11.3 Å². The van der Waals surface area contributed by atoms with Crippen molar-refractivity contribution in [2.75, 3.05) is 0 Å². The molecular formula is C5H9ClO2. The Kier molecular flexibility index (Phi) is 8.51. The maximum absolute atomic E-state index is 9.57. The summed E-state index contributed by atoms with van der Waals surface area (Å²) >= 11 is 5.01. The zero-order valence-electron chi connectivity index (χ0n) is 4.72. The van der Waals surface area contributed by atoms with Crippen LogP contribution in [0.15, 0.2) is 13.2 Å². The maximum atomic E-state index is 9.57. The van der Waals surface area contributed by atoms with Crippen molar-refractivity contribution in [3.8, 4) is 0 Å². The first kappa shape index (κ1) is 10.5. The summed E-state index contributed by atoms with van der Waals surface area (Å²) in [7, 11) is 0. The van der Waals surface area contributed by atoms with Gasteiger partial charge in [0.2, 0.25) is 0 Å². The number of carbonyl (C=O) groups is 1. The fraction of sp³-hybridized carbons (Fsp3) is 0.400. The van der Waals surface area contributed by atoms with Crippen LogP contribution in [0.1, 0.15) is 6.92 Å². The Balaban J connectivity index is 0. The van der Waals surface area contributed by atoms with E-state index in [2.05, 4.69) is 13.2 Å². The van der Waals surface area contributed by atoms with Crippen molar-refractivity contribution < 1.29 is 9.90 Å². The van der Waals surface area contributed by atoms with Gasteiger partial charge in [0, 0.05) is 0 Å². The second-order valence-electron chi connectivity index (χ2n) is 0.954. The van der Waals surface area contributed by atoms with Gasteiger partial charge in [-0.2, -0.15) is 0 Å². The van der Waals surface area contributed by atoms with E-state index in [0.717, 1.165) is 0 Å². The van der Waals surface area contributed by atoms with E-state index in [1.807, 2.05) is 0 Å². The molecule has 2 nitrogen and oxygen atoms in total. The number of alkyl halides is 1. The highest BCUT2D eigenvalue weighted by atomic mass is 35.5. The SMILES string of the molecule is C=C.CC(Cl)C(=O)O. The Labute approximate surface area is 53.8 Å². The Morgan fingerprint density at radius 1 is 1.75 bits per heavy atom. The van der Waals surface area contributed by atoms with Crippen molar-refractivity contribution in [1.29, 1.82) is 0 Å². The molecule has 0 amide bonds. The molecule has 0 aliphatic heterocycles. The van der Waals surface area contributed by atoms with Crippen molar-refractivity contribution >= 4 is 17.6 Å². The monoisotopic (exact) mass is 136 g/mol. The number of rotatable bonds is 1. The highest BCUT2D eigenvalue weighted by Gasteiger charge is 2.02. The second kappa shape index (κ2) is 6.50. The van der Waals surface area contributed by atoms with Gasteiger partial charge in [0.15, 0.2) is 0 Å². The molecule has 0 saturated heterocycles. The summed E-state index contributed by atoms with van der Waals surface area (Å²) in [6.07, 6.45) is 0. The van der Waals surface area contributed by atoms with E-state index in [1.165, 1.54) is 6.92 Å². The number of hydrogen-bond acceptors (Lipinski definition) is 1. The predicted molar refractivity (Wildman–Crippen MR) is 34.2 cm³/mol. The van der Waals surface area contributed by atoms with Gasteiger partial charge in [-0.25, -0.2) is 0 Å². The third-order valence-corrected chi connectivity index (χ3v) is 0.527. The minimum atomic E-state index is -0.975. The molecule has 0 aliphatic carbocycles. The average Bonchev–Trinajstić information content (AvgIpc) is 1.72. The van der Waals surface area contributed by atoms with Gasteiger partial charge < -0.3 is 5.11 Å². The summed E-state index contributed by atoms with van der Waals surface area (Å²) in [6.45, 7) is 7.41. The van der Waals surface area contributed by atoms with Gasteiger partial charge >= 0.3 is 5.97 Å². The van der Waals surface area contributed by atoms with Crippen LogP contribution in [0.25, 0.3) is 0 Å². The molecule has 0 aromatic rings. The fourth-order valence-corrected chi connectivity index (χ4v) is 0. The largest absolute Gasteiger partial charge is 0.480 e. The zero-order chi connectivity index (χ0) is 7.15. The number of hydrogen-bond donors (Lipinski definition) is 1. The lowest BCUT2D eigenvalue weighted by Crippen LogP contribution is -2.06. The normalized spacial score (nSPS) is 10.8. The van der Waals surface area contributed by atoms with Gasteiger partial charge in [0.05, 0.1) is 0 Å². The topological polar surface area (TPSA) is 37.3 Å². The maximum Gasteiger partial charge on any atom is 0.321 e. The molecule has 1 unspecified atom stereocenters. The molecule has 8 heavy (non-hydrogen) atoms. The summed E-state index contributed by atoms with van der Waals surface area (Å²) in [4.78, 5) is 9.57. The molecule has 0 heterocycles. The van der Waals surface area contributed by atoms with Crippen molar-refractivity contribution in [2.24, 2.45) is 0 Å². The zero-order valence-corrected chi connectivity index (χ0v) is 5.48. The Morgan fingerprint density at radius 2 is 1.88 bits per heavy atom. The van der Waals surface area contributed by atoms with Crippen molar-refractivity contribution in [3.63, 3.8) is 0 Å². The third-order valence-electron chi connectivity index (χ3n) is 0.340. The molecule has 3 heteroatoms. The standard InChI is InChI=1S/C3H5ClO2.C2H4/c1-2(4)3(5)6;1-2/h2H,1H3,(H,5,6);1-2H2. The Bertz CT molecular complexity index is 70.8. The van der Waals surface area contributed by atoms with E-state index in [-0.39, 0.29) is 0 Å². The first-order valence-corrected chi connectivity index (χ1v) is 2.45. The third kappa shape index (κ3) is 9.09. The summed E-state index contributed by atoms with van der Waals surface area (Å²) in [5.41, 5.74) is 0. The van der Waals surface area contributed by atoms with Gasteiger partial charge in [0.25, 0.3) is 0 Å². The Morgan fingerprint density at radius 3 is 1.88 bits per heavy atom. The van der Waals surface area contributed by atoms with Crippen LogP contribution in [0.5, 0.6) is 0 Å². The van der Waals surface area contributed by atoms with Crippen LogP contribution in [-0.4, -0.2) is 16.5 Å². The molecular weight excluding hydrogens is 128 g/mol. The molecule has 0 saturated carbocycles. The first-order chi connectivity index (χ1) is 3.64. The van der Waals surface area contributed by atoms with Crippen LogP contribution in [0, 0.1) is 0 Å². The van der Waals surface area contributed by atoms with E-state index in [0.29, 0.717) is 0 Å². The van der Waals surface area contributed by atoms with E-state index in [9.17, 15) is 4.79 Å². The van der Waals surface area contributed by atoms with Crippen molar-refractivity contribution in [2.45, 2.75) is 12.3 Å². The molecule has 48 valence electrons. The average molecular weight is 137 g/mol. The highest BCUT2D eigenvalue weighted by Crippen LogP contribution is 1.89. The van der Waals surface area contributed by atoms with Gasteiger partial charge in [-0.05, 0) is 6.92 Å². The molecule has 0 aromatic heterocycles. The Hall–Kier alpha value is -0.500. The van der Waals surface area contributed by atoms with Crippen LogP contribution in [0.4, 0.5) is 0 Å². The summed E-state index contributed by atoms with van der Waals surface area (Å²) in [5.74, 6) is -0.975. The number of carboxylic acid groups (broad SMARTS) is 1. The molecule has 0 fully saturated rings. The van der Waals surface area contributed by atoms with E-state index in [1.54, 1.807) is 0 Å². The molecule has 0 spiro atoms. The van der Waals surface area contributed by atoms with Crippen molar-refractivity contribution in [1.82, 2.24) is 0 Å². The summed E-state index contributed by atoms with van der Waals surface area (Å²) in [5, 5.41) is 7.10. The predicted octanol–water partition coefficient (Wildman–Crippen LogP) is 1.50. The molecule has 1 atom stereocenters. The van der Waals surface area contributed by atoms with E-state index in [4.69, 9.17) is 16.7 Å². The molecule has 0 aromatic carbocycles. The fourth-order valence-electron chi connectivity index (χ4n) is 0. The smallest absolute Gasteiger partial charge is 0.321 e. The molecule has 0 bridgehead atoms. The quantitative estimate of drug-likeness (QED) is 0.438. The lowest BCUT2D eigenvalue weighted by molar-refractivity contribution is -0.136. The number of aliphatic carboxylic acids is 1. The molecule has 0 rings (SSSR count). The minimum Gasteiger partial charge on any atom is -0.480 e. The van der Waals surface area contributed by atoms with Gasteiger partial charge in [-0.1, -0.05) is 0 Å². The molecule has 0 aliphatic rings. The lowest BCUT2D eigenvalue weighted by atomic mass is 10.5. The summed E-state index contributed by atoms with van der Waals surface area (Å²) in [6, 6.07) is 0. The lowest BCUT2D eigenvalue weighted by Gasteiger charge is -1.86. The van der Waals surface area contributed by atoms with Crippen LogP contribution < -0.4 is 0 Å². The van der Waals surface area contributed by atoms with E-state index >= 15 is 0 Å². The second-order valence-corrected chi connectivity index (χ2v) is 1.61. The number of halogens is 1. The minimum absolute atomic E-state index is 0.759. The van der Waals surface area contributed by atoms with Gasteiger partial charge in [-0.15, -0.1) is 24.8 Å². The van der Waals surface area contributed by atoms with Gasteiger partial charge in [0.1, 0.15) is 5.38 Å². The van der Waals surface area contributed by atoms with Crippen molar-refractivity contribution in [3.05, 3.63) is 13.2 Å². The van der Waals surface area contributed by atoms with Crippen LogP contribution in [0.2, 0.25) is 0 Å². The summed E-state index contributed by atoms with van der Waals surface area (Å²) < 4.78 is 0. The molecule has 0 radical (unpaired) electrons. The van der Waals surface area contributed by atoms with Crippen LogP contribution >= 0.6 is 11.6 Å². The first-order valence-electron chi connectivity index (χ1n) is 2.01. The highest BCUT2D eigenvalue weighted by molar-refractivity contribution is 6.29. The van der Waals surface area contributed by atoms with Crippen LogP contribution in [-0.2, 0) is 4.79 Å². The molecule has 1 N–H and O–H groups in total.